The zero-order valence-corrected chi connectivity index (χ0v) is 15.2. The van der Waals surface area contributed by atoms with Gasteiger partial charge in [0.05, 0.1) is 12.4 Å². The van der Waals surface area contributed by atoms with E-state index >= 15 is 0 Å². The zero-order valence-electron chi connectivity index (χ0n) is 14.5. The molecule has 3 rings (SSSR count). The summed E-state index contributed by atoms with van der Waals surface area (Å²) in [6.45, 7) is 8.43. The maximum absolute atomic E-state index is 6.19. The Morgan fingerprint density at radius 3 is 2.88 bits per heavy atom. The standard InChI is InChI=1S/C20H21ClN4/c1-13(10-23-12-22)7-16-8-19(17-5-4-6-18(21)9-17)20-24-14(2)15(3)25(20)11-16/h4-6,8-11H,1,7,12,22H2,2-3H3. The van der Waals surface area contributed by atoms with E-state index < -0.39 is 0 Å². The van der Waals surface area contributed by atoms with Crippen LogP contribution in [0.1, 0.15) is 17.0 Å². The predicted molar refractivity (Wildman–Crippen MR) is 106 cm³/mol. The van der Waals surface area contributed by atoms with E-state index in [4.69, 9.17) is 22.3 Å². The number of pyridine rings is 1. The van der Waals surface area contributed by atoms with Gasteiger partial charge in [-0.15, -0.1) is 0 Å². The minimum atomic E-state index is 0.269. The highest BCUT2D eigenvalue weighted by molar-refractivity contribution is 6.30. The summed E-state index contributed by atoms with van der Waals surface area (Å²) < 4.78 is 2.13. The van der Waals surface area contributed by atoms with Crippen molar-refractivity contribution in [1.29, 1.82) is 0 Å². The highest BCUT2D eigenvalue weighted by atomic mass is 35.5. The Hall–Kier alpha value is -2.43. The molecule has 25 heavy (non-hydrogen) atoms. The van der Waals surface area contributed by atoms with Crippen LogP contribution >= 0.6 is 11.6 Å². The largest absolute Gasteiger partial charge is 0.312 e. The Balaban J connectivity index is 2.15. The molecule has 0 radical (unpaired) electrons. The van der Waals surface area contributed by atoms with Gasteiger partial charge in [-0.3, -0.25) is 4.99 Å². The van der Waals surface area contributed by atoms with Crippen LogP contribution in [0.25, 0.3) is 16.8 Å². The van der Waals surface area contributed by atoms with E-state index in [2.05, 4.69) is 41.2 Å². The fraction of sp³-hybridized carbons (Fsp3) is 0.200. The summed E-state index contributed by atoms with van der Waals surface area (Å²) in [6.07, 6.45) is 4.54. The molecule has 0 aliphatic rings. The van der Waals surface area contributed by atoms with Crippen molar-refractivity contribution in [2.45, 2.75) is 20.3 Å². The predicted octanol–water partition coefficient (Wildman–Crippen LogP) is 4.36. The van der Waals surface area contributed by atoms with Crippen LogP contribution in [-0.2, 0) is 6.42 Å². The van der Waals surface area contributed by atoms with Crippen molar-refractivity contribution in [2.75, 3.05) is 6.67 Å². The van der Waals surface area contributed by atoms with Crippen molar-refractivity contribution in [3.8, 4) is 11.1 Å². The second kappa shape index (κ2) is 7.21. The van der Waals surface area contributed by atoms with Crippen LogP contribution in [0.2, 0.25) is 5.02 Å². The minimum Gasteiger partial charge on any atom is -0.312 e. The van der Waals surface area contributed by atoms with Crippen molar-refractivity contribution < 1.29 is 0 Å². The van der Waals surface area contributed by atoms with Crippen LogP contribution in [0.5, 0.6) is 0 Å². The van der Waals surface area contributed by atoms with E-state index in [1.165, 1.54) is 0 Å². The number of allylic oxidation sites excluding steroid dienone is 1. The van der Waals surface area contributed by atoms with Crippen LogP contribution in [0.15, 0.2) is 53.7 Å². The van der Waals surface area contributed by atoms with Crippen molar-refractivity contribution in [3.05, 3.63) is 70.7 Å². The highest BCUT2D eigenvalue weighted by Crippen LogP contribution is 2.29. The summed E-state index contributed by atoms with van der Waals surface area (Å²) in [4.78, 5) is 8.80. The molecule has 0 atom stereocenters. The molecule has 0 unspecified atom stereocenters. The maximum atomic E-state index is 6.19. The first-order valence-corrected chi connectivity index (χ1v) is 8.49. The topological polar surface area (TPSA) is 55.7 Å². The number of aromatic nitrogens is 2. The lowest BCUT2D eigenvalue weighted by molar-refractivity contribution is 1.05. The molecule has 5 heteroatoms. The quantitative estimate of drug-likeness (QED) is 0.694. The van der Waals surface area contributed by atoms with Crippen molar-refractivity contribution in [1.82, 2.24) is 9.38 Å². The molecule has 0 bridgehead atoms. The number of hydrogen-bond acceptors (Lipinski definition) is 3. The average molecular weight is 353 g/mol. The second-order valence-electron chi connectivity index (χ2n) is 6.08. The van der Waals surface area contributed by atoms with Crippen LogP contribution in [0.4, 0.5) is 0 Å². The Kier molecular flexibility index (Phi) is 5.02. The third-order valence-corrected chi connectivity index (χ3v) is 4.43. The number of nitrogens with zero attached hydrogens (tertiary/aromatic N) is 3. The molecule has 1 aromatic carbocycles. The monoisotopic (exact) mass is 352 g/mol. The van der Waals surface area contributed by atoms with Crippen LogP contribution < -0.4 is 5.73 Å². The average Bonchev–Trinajstić information content (AvgIpc) is 2.87. The van der Waals surface area contributed by atoms with Gasteiger partial charge in [-0.2, -0.15) is 0 Å². The highest BCUT2D eigenvalue weighted by Gasteiger charge is 2.13. The smallest absolute Gasteiger partial charge is 0.145 e. The van der Waals surface area contributed by atoms with Gasteiger partial charge in [0.15, 0.2) is 0 Å². The van der Waals surface area contributed by atoms with E-state index in [-0.39, 0.29) is 6.67 Å². The van der Waals surface area contributed by atoms with Gasteiger partial charge in [-0.25, -0.2) is 4.98 Å². The van der Waals surface area contributed by atoms with E-state index in [1.807, 2.05) is 25.1 Å². The van der Waals surface area contributed by atoms with E-state index in [1.54, 1.807) is 6.21 Å². The third kappa shape index (κ3) is 3.65. The van der Waals surface area contributed by atoms with Gasteiger partial charge in [-0.05, 0) is 55.2 Å². The lowest BCUT2D eigenvalue weighted by Gasteiger charge is -2.10. The number of fused-ring (bicyclic) bond motifs is 1. The van der Waals surface area contributed by atoms with Crippen molar-refractivity contribution in [2.24, 2.45) is 10.7 Å². The van der Waals surface area contributed by atoms with Gasteiger partial charge in [0.25, 0.3) is 0 Å². The minimum absolute atomic E-state index is 0.269. The summed E-state index contributed by atoms with van der Waals surface area (Å²) in [5, 5.41) is 0.709. The molecule has 128 valence electrons. The second-order valence-corrected chi connectivity index (χ2v) is 6.51. The Labute approximate surface area is 152 Å². The molecule has 3 aromatic rings. The fourth-order valence-corrected chi connectivity index (χ4v) is 3.07. The number of hydrogen-bond donors (Lipinski definition) is 1. The summed E-state index contributed by atoms with van der Waals surface area (Å²) in [7, 11) is 0. The number of imidazole rings is 1. The Morgan fingerprint density at radius 2 is 2.16 bits per heavy atom. The zero-order chi connectivity index (χ0) is 18.0. The van der Waals surface area contributed by atoms with E-state index in [0.29, 0.717) is 11.4 Å². The number of rotatable bonds is 5. The SMILES string of the molecule is C=C(C=NCN)Cc1cc(-c2cccc(Cl)c2)c2nc(C)c(C)n2c1. The molecule has 2 N–H and O–H groups in total. The van der Waals surface area contributed by atoms with Crippen molar-refractivity contribution in [3.63, 3.8) is 0 Å². The number of halogens is 1. The van der Waals surface area contributed by atoms with E-state index in [9.17, 15) is 0 Å². The molecule has 2 aromatic heterocycles. The summed E-state index contributed by atoms with van der Waals surface area (Å²) in [5.74, 6) is 0. The first-order chi connectivity index (χ1) is 12.0. The van der Waals surface area contributed by atoms with Gasteiger partial charge >= 0.3 is 0 Å². The van der Waals surface area contributed by atoms with Gasteiger partial charge in [0.2, 0.25) is 0 Å². The van der Waals surface area contributed by atoms with Gasteiger partial charge in [0.1, 0.15) is 5.65 Å². The fourth-order valence-electron chi connectivity index (χ4n) is 2.88. The Morgan fingerprint density at radius 1 is 1.36 bits per heavy atom. The van der Waals surface area contributed by atoms with Gasteiger partial charge in [0, 0.05) is 28.7 Å². The first-order valence-electron chi connectivity index (χ1n) is 8.11. The lowest BCUT2D eigenvalue weighted by atomic mass is 10.0. The summed E-state index contributed by atoms with van der Waals surface area (Å²) in [6, 6.07) is 9.99. The number of benzene rings is 1. The lowest BCUT2D eigenvalue weighted by Crippen LogP contribution is -1.99. The number of nitrogens with two attached hydrogens (primary N) is 1. The third-order valence-electron chi connectivity index (χ3n) is 4.20. The molecular formula is C20H21ClN4. The molecule has 0 aliphatic heterocycles. The molecule has 0 spiro atoms. The van der Waals surface area contributed by atoms with Crippen molar-refractivity contribution >= 4 is 23.5 Å². The van der Waals surface area contributed by atoms with Gasteiger partial charge in [-0.1, -0.05) is 30.3 Å². The number of aryl methyl sites for hydroxylation is 2. The number of aliphatic imine (C=N–C) groups is 1. The molecule has 4 nitrogen and oxygen atoms in total. The molecule has 0 fully saturated rings. The molecular weight excluding hydrogens is 332 g/mol. The molecule has 0 aliphatic carbocycles. The van der Waals surface area contributed by atoms with Crippen LogP contribution in [0.3, 0.4) is 0 Å². The first kappa shape index (κ1) is 17.4. The van der Waals surface area contributed by atoms with Crippen LogP contribution in [0, 0.1) is 13.8 Å². The molecule has 0 amide bonds. The summed E-state index contributed by atoms with van der Waals surface area (Å²) in [5.41, 5.74) is 12.6. The van der Waals surface area contributed by atoms with E-state index in [0.717, 1.165) is 39.3 Å². The molecule has 2 heterocycles. The summed E-state index contributed by atoms with van der Waals surface area (Å²) >= 11 is 6.19. The Bertz CT molecular complexity index is 969. The van der Waals surface area contributed by atoms with Crippen LogP contribution in [-0.4, -0.2) is 22.3 Å². The maximum Gasteiger partial charge on any atom is 0.145 e. The molecule has 0 saturated carbocycles. The molecule has 0 saturated heterocycles. The van der Waals surface area contributed by atoms with Gasteiger partial charge < -0.3 is 10.1 Å². The normalized spacial score (nSPS) is 11.5.